The minimum atomic E-state index is -0.789. The van der Waals surface area contributed by atoms with Crippen molar-refractivity contribution in [2.45, 2.75) is 44.1 Å². The molecule has 146 valence electrons. The summed E-state index contributed by atoms with van der Waals surface area (Å²) < 4.78 is 5.75. The van der Waals surface area contributed by atoms with E-state index in [1.54, 1.807) is 18.2 Å². The fraction of sp³-hybridized carbons (Fsp3) is 0.476. The lowest BCUT2D eigenvalue weighted by atomic mass is 9.54. The van der Waals surface area contributed by atoms with Gasteiger partial charge in [0.15, 0.2) is 0 Å². The van der Waals surface area contributed by atoms with Crippen LogP contribution in [0.5, 0.6) is 0 Å². The first-order valence-electron chi connectivity index (χ1n) is 9.47. The Hall–Kier alpha value is -2.03. The number of benzene rings is 1. The summed E-state index contributed by atoms with van der Waals surface area (Å²) in [4.78, 5) is 24.7. The number of hydrogen-bond donors (Lipinski definition) is 1. The zero-order valence-electron chi connectivity index (χ0n) is 15.2. The quantitative estimate of drug-likeness (QED) is 0.545. The Bertz CT molecular complexity index is 868. The highest BCUT2D eigenvalue weighted by Crippen LogP contribution is 2.57. The number of nitrogens with zero attached hydrogens (tertiary/aromatic N) is 1. The number of carbonyl (C=O) groups excluding carboxylic acids is 2. The van der Waals surface area contributed by atoms with Gasteiger partial charge in [0.2, 0.25) is 0 Å². The molecule has 0 aliphatic heterocycles. The second kappa shape index (κ2) is 7.42. The van der Waals surface area contributed by atoms with E-state index in [1.165, 1.54) is 25.3 Å². The monoisotopic (exact) mass is 418 g/mol. The Labute approximate surface area is 173 Å². The Kier molecular flexibility index (Phi) is 5.11. The maximum atomic E-state index is 12.4. The molecule has 5 rings (SSSR count). The molecule has 5 nitrogen and oxygen atoms in total. The van der Waals surface area contributed by atoms with Crippen LogP contribution in [0.1, 0.15) is 44.1 Å². The molecule has 4 bridgehead atoms. The summed E-state index contributed by atoms with van der Waals surface area (Å²) in [7, 11) is 0. The first-order valence-corrected chi connectivity index (χ1v) is 10.2. The number of nitrogens with one attached hydrogen (secondary N) is 1. The van der Waals surface area contributed by atoms with Gasteiger partial charge in [-0.15, -0.1) is 0 Å². The summed E-state index contributed by atoms with van der Waals surface area (Å²) in [6, 6.07) is 6.56. The van der Waals surface area contributed by atoms with E-state index in [9.17, 15) is 14.9 Å². The van der Waals surface area contributed by atoms with Crippen molar-refractivity contribution in [2.24, 2.45) is 17.8 Å². The van der Waals surface area contributed by atoms with Gasteiger partial charge < -0.3 is 4.74 Å². The molecule has 4 fully saturated rings. The van der Waals surface area contributed by atoms with Crippen molar-refractivity contribution in [1.29, 1.82) is 5.26 Å². The van der Waals surface area contributed by atoms with Gasteiger partial charge in [0.25, 0.3) is 5.91 Å². The summed E-state index contributed by atoms with van der Waals surface area (Å²) in [6.45, 7) is 0. The molecule has 7 heteroatoms. The van der Waals surface area contributed by atoms with Gasteiger partial charge in [-0.3, -0.25) is 10.1 Å². The minimum absolute atomic E-state index is 0.208. The molecule has 1 aromatic rings. The van der Waals surface area contributed by atoms with Crippen molar-refractivity contribution in [3.05, 3.63) is 39.4 Å². The summed E-state index contributed by atoms with van der Waals surface area (Å²) in [5, 5.41) is 12.2. The van der Waals surface area contributed by atoms with E-state index in [-0.39, 0.29) is 5.57 Å². The van der Waals surface area contributed by atoms with Crippen molar-refractivity contribution in [1.82, 2.24) is 5.32 Å². The zero-order valence-corrected chi connectivity index (χ0v) is 16.7. The summed E-state index contributed by atoms with van der Waals surface area (Å²) >= 11 is 11.8. The Morgan fingerprint density at radius 2 is 1.71 bits per heavy atom. The molecule has 4 aliphatic carbocycles. The molecule has 2 amide bonds. The fourth-order valence-corrected chi connectivity index (χ4v) is 5.76. The fourth-order valence-electron chi connectivity index (χ4n) is 5.46. The van der Waals surface area contributed by atoms with Crippen molar-refractivity contribution >= 4 is 41.3 Å². The lowest BCUT2D eigenvalue weighted by molar-refractivity contribution is -0.130. The molecule has 0 aromatic heterocycles. The van der Waals surface area contributed by atoms with Crippen molar-refractivity contribution in [3.8, 4) is 6.07 Å². The van der Waals surface area contributed by atoms with Crippen molar-refractivity contribution in [2.75, 3.05) is 0 Å². The van der Waals surface area contributed by atoms with Crippen molar-refractivity contribution in [3.63, 3.8) is 0 Å². The van der Waals surface area contributed by atoms with Crippen molar-refractivity contribution < 1.29 is 14.3 Å². The first kappa shape index (κ1) is 19.3. The molecule has 4 aliphatic rings. The van der Waals surface area contributed by atoms with E-state index < -0.39 is 17.6 Å². The summed E-state index contributed by atoms with van der Waals surface area (Å²) in [5.41, 5.74) is -0.115. The number of halogens is 2. The van der Waals surface area contributed by atoms with E-state index in [4.69, 9.17) is 27.9 Å². The molecular formula is C21H20Cl2N2O3. The molecule has 0 unspecified atom stereocenters. The average Bonchev–Trinajstić information content (AvgIpc) is 2.60. The molecule has 28 heavy (non-hydrogen) atoms. The van der Waals surface area contributed by atoms with Gasteiger partial charge in [-0.1, -0.05) is 29.3 Å². The van der Waals surface area contributed by atoms with Crippen LogP contribution in [-0.2, 0) is 9.53 Å². The maximum Gasteiger partial charge on any atom is 0.414 e. The molecule has 4 saturated carbocycles. The van der Waals surface area contributed by atoms with Crippen LogP contribution >= 0.6 is 23.2 Å². The number of nitriles is 1. The normalized spacial score (nSPS) is 30.6. The largest absolute Gasteiger partial charge is 0.443 e. The molecule has 0 saturated heterocycles. The molecule has 0 spiro atoms. The number of carbonyl (C=O) groups is 2. The van der Waals surface area contributed by atoms with Crippen LogP contribution in [0.2, 0.25) is 10.0 Å². The Balaban J connectivity index is 1.42. The predicted octanol–water partition coefficient (Wildman–Crippen LogP) is 5.12. The molecular weight excluding hydrogens is 399 g/mol. The number of amides is 2. The second-order valence-corrected chi connectivity index (χ2v) is 9.10. The highest BCUT2D eigenvalue weighted by molar-refractivity contribution is 6.42. The van der Waals surface area contributed by atoms with Gasteiger partial charge in [0, 0.05) is 0 Å². The number of rotatable bonds is 3. The predicted molar refractivity (Wildman–Crippen MR) is 106 cm³/mol. The highest BCUT2D eigenvalue weighted by atomic mass is 35.5. The Morgan fingerprint density at radius 3 is 2.25 bits per heavy atom. The smallest absolute Gasteiger partial charge is 0.414 e. The third-order valence-corrected chi connectivity index (χ3v) is 6.87. The number of hydrogen-bond acceptors (Lipinski definition) is 4. The van der Waals surface area contributed by atoms with E-state index in [0.29, 0.717) is 33.4 Å². The SMILES string of the molecule is N#C/C(=C\c1ccc(Cl)c(Cl)c1)C(=O)NC(=O)OC12CC3CC(CC(C3)C1)C2. The molecule has 1 N–H and O–H groups in total. The van der Waals surface area contributed by atoms with Gasteiger partial charge >= 0.3 is 6.09 Å². The van der Waals surface area contributed by atoms with Crippen LogP contribution < -0.4 is 5.32 Å². The number of alkyl carbamates (subject to hydrolysis) is 1. The molecule has 0 radical (unpaired) electrons. The number of ether oxygens (including phenoxy) is 1. The van der Waals surface area contributed by atoms with Gasteiger partial charge in [-0.2, -0.15) is 5.26 Å². The molecule has 1 aromatic carbocycles. The topological polar surface area (TPSA) is 79.2 Å². The van der Waals surface area contributed by atoms with Gasteiger partial charge in [0.05, 0.1) is 10.0 Å². The van der Waals surface area contributed by atoms with Crippen LogP contribution in [0.4, 0.5) is 4.79 Å². The first-order chi connectivity index (χ1) is 13.4. The third-order valence-electron chi connectivity index (χ3n) is 6.13. The van der Waals surface area contributed by atoms with Crippen LogP contribution in [0.3, 0.4) is 0 Å². The van der Waals surface area contributed by atoms with Crippen LogP contribution in [0.15, 0.2) is 23.8 Å². The maximum absolute atomic E-state index is 12.4. The van der Waals surface area contributed by atoms with E-state index in [2.05, 4.69) is 5.32 Å². The highest BCUT2D eigenvalue weighted by Gasteiger charge is 2.53. The molecule has 0 atom stereocenters. The zero-order chi connectivity index (χ0) is 19.9. The van der Waals surface area contributed by atoms with E-state index in [0.717, 1.165) is 19.3 Å². The lowest BCUT2D eigenvalue weighted by Gasteiger charge is -2.55. The summed E-state index contributed by atoms with van der Waals surface area (Å²) in [6.07, 6.45) is 6.91. The molecule has 0 heterocycles. The third kappa shape index (κ3) is 3.90. The number of imide groups is 1. The van der Waals surface area contributed by atoms with Gasteiger partial charge in [-0.25, -0.2) is 4.79 Å². The summed E-state index contributed by atoms with van der Waals surface area (Å²) in [5.74, 6) is 1.08. The van der Waals surface area contributed by atoms with Gasteiger partial charge in [-0.05, 0) is 80.1 Å². The van der Waals surface area contributed by atoms with Gasteiger partial charge in [0.1, 0.15) is 17.2 Å². The minimum Gasteiger partial charge on any atom is -0.443 e. The Morgan fingerprint density at radius 1 is 1.11 bits per heavy atom. The van der Waals surface area contributed by atoms with Crippen LogP contribution in [-0.4, -0.2) is 17.6 Å². The van der Waals surface area contributed by atoms with Crippen LogP contribution in [0.25, 0.3) is 6.08 Å². The standard InChI is InChI=1S/C21H20Cl2N2O3/c22-17-2-1-12(7-18(17)23)6-16(11-24)19(26)25-20(27)28-21-8-13-3-14(9-21)5-15(4-13)10-21/h1-2,6-7,13-15H,3-5,8-10H2,(H,25,26,27)/b16-6+. The van der Waals surface area contributed by atoms with E-state index in [1.807, 2.05) is 6.07 Å². The lowest BCUT2D eigenvalue weighted by Crippen LogP contribution is -2.54. The average molecular weight is 419 g/mol. The van der Waals surface area contributed by atoms with Crippen LogP contribution in [0, 0.1) is 29.1 Å². The van der Waals surface area contributed by atoms with E-state index >= 15 is 0 Å². The second-order valence-electron chi connectivity index (χ2n) is 8.29.